The number of hydrogen-bond acceptors (Lipinski definition) is 7. The summed E-state index contributed by atoms with van der Waals surface area (Å²) < 4.78 is 25.7. The number of aliphatic hydroxyl groups excluding tert-OH is 1. The van der Waals surface area contributed by atoms with E-state index < -0.39 is 9.84 Å². The summed E-state index contributed by atoms with van der Waals surface area (Å²) in [6.07, 6.45) is 13.6. The number of hydrogen-bond donors (Lipinski definition) is 2. The zero-order valence-electron chi connectivity index (χ0n) is 24.2. The van der Waals surface area contributed by atoms with Crippen LogP contribution in [0.5, 0.6) is 0 Å². The zero-order chi connectivity index (χ0) is 28.3. The van der Waals surface area contributed by atoms with Crippen LogP contribution in [-0.4, -0.2) is 75.7 Å². The lowest BCUT2D eigenvalue weighted by molar-refractivity contribution is -0.136. The molecule has 222 valence electrons. The van der Waals surface area contributed by atoms with Crippen LogP contribution in [0.2, 0.25) is 0 Å². The largest absolute Gasteiger partial charge is 0.393 e. The maximum absolute atomic E-state index is 13.1. The van der Waals surface area contributed by atoms with Crippen LogP contribution in [0.1, 0.15) is 114 Å². The molecule has 0 spiro atoms. The van der Waals surface area contributed by atoms with Gasteiger partial charge in [0, 0.05) is 36.7 Å². The van der Waals surface area contributed by atoms with E-state index >= 15 is 0 Å². The second kappa shape index (κ2) is 12.8. The van der Waals surface area contributed by atoms with Crippen molar-refractivity contribution < 1.29 is 18.3 Å². The van der Waals surface area contributed by atoms with Gasteiger partial charge in [-0.25, -0.2) is 17.9 Å². The molecular formula is C30H47N5O4S. The lowest BCUT2D eigenvalue weighted by atomic mass is 9.78. The zero-order valence-corrected chi connectivity index (χ0v) is 25.0. The fraction of sp³-hybridized carbons (Fsp3) is 0.767. The van der Waals surface area contributed by atoms with Crippen molar-refractivity contribution in [3.8, 4) is 0 Å². The molecule has 0 radical (unpaired) electrons. The van der Waals surface area contributed by atoms with Crippen LogP contribution in [-0.2, 0) is 14.6 Å². The molecule has 1 atom stereocenters. The number of sulfone groups is 1. The van der Waals surface area contributed by atoms with Crippen molar-refractivity contribution in [1.82, 2.24) is 19.5 Å². The smallest absolute Gasteiger partial charge is 0.241 e. The number of carbonyl (C=O) groups is 1. The summed E-state index contributed by atoms with van der Waals surface area (Å²) in [4.78, 5) is 19.6. The van der Waals surface area contributed by atoms with Crippen molar-refractivity contribution in [2.45, 2.75) is 115 Å². The van der Waals surface area contributed by atoms with Crippen LogP contribution in [0.4, 0.5) is 5.95 Å². The predicted molar refractivity (Wildman–Crippen MR) is 157 cm³/mol. The number of rotatable bonds is 9. The quantitative estimate of drug-likeness (QED) is 0.419. The van der Waals surface area contributed by atoms with Crippen LogP contribution in [0.15, 0.2) is 12.3 Å². The highest BCUT2D eigenvalue weighted by Gasteiger charge is 2.34. The van der Waals surface area contributed by atoms with E-state index in [9.17, 15) is 18.3 Å². The minimum absolute atomic E-state index is 0.0218. The Morgan fingerprint density at radius 3 is 2.40 bits per heavy atom. The maximum atomic E-state index is 13.1. The Hall–Kier alpha value is -2.20. The Bertz CT molecular complexity index is 1250. The second-order valence-electron chi connectivity index (χ2n) is 12.5. The first-order valence-corrected chi connectivity index (χ1v) is 17.4. The molecule has 1 aliphatic heterocycles. The van der Waals surface area contributed by atoms with Gasteiger partial charge in [-0.05, 0) is 82.3 Å². The van der Waals surface area contributed by atoms with E-state index in [2.05, 4.69) is 29.7 Å². The van der Waals surface area contributed by atoms with Crippen molar-refractivity contribution in [2.24, 2.45) is 5.92 Å². The monoisotopic (exact) mass is 573 g/mol. The molecule has 2 aromatic heterocycles. The van der Waals surface area contributed by atoms with Gasteiger partial charge in [0.05, 0.1) is 29.3 Å². The molecule has 9 nitrogen and oxygen atoms in total. The molecule has 2 saturated carbocycles. The first kappa shape index (κ1) is 29.3. The third-order valence-electron chi connectivity index (χ3n) is 9.48. The number of amides is 1. The van der Waals surface area contributed by atoms with Gasteiger partial charge in [0.2, 0.25) is 11.9 Å². The first-order chi connectivity index (χ1) is 19.2. The molecule has 2 aromatic rings. The van der Waals surface area contributed by atoms with Crippen molar-refractivity contribution in [3.05, 3.63) is 23.5 Å². The van der Waals surface area contributed by atoms with Gasteiger partial charge in [0.25, 0.3) is 0 Å². The minimum atomic E-state index is -3.00. The number of nitrogens with one attached hydrogen (secondary N) is 1. The molecule has 3 heterocycles. The molecule has 0 bridgehead atoms. The molecule has 3 fully saturated rings. The van der Waals surface area contributed by atoms with E-state index in [0.717, 1.165) is 63.3 Å². The molecule has 0 aromatic carbocycles. The summed E-state index contributed by atoms with van der Waals surface area (Å²) >= 11 is 0. The highest BCUT2D eigenvalue weighted by atomic mass is 32.2. The number of aromatic nitrogens is 3. The molecule has 2 aliphatic carbocycles. The molecule has 10 heteroatoms. The van der Waals surface area contributed by atoms with E-state index in [-0.39, 0.29) is 29.4 Å². The van der Waals surface area contributed by atoms with Gasteiger partial charge in [-0.1, -0.05) is 26.2 Å². The van der Waals surface area contributed by atoms with Gasteiger partial charge in [0.15, 0.2) is 9.84 Å². The first-order valence-electron chi connectivity index (χ1n) is 15.6. The summed E-state index contributed by atoms with van der Waals surface area (Å²) in [5.41, 5.74) is 3.55. The SMILES string of the molecule is CCCCC[C@H](C)Nc1ncc2c(C3CCC(C(=O)N4CCS(=O)(=O)CC4)CC3)cc(C3CCC(O)CC3)n2n1. The highest BCUT2D eigenvalue weighted by molar-refractivity contribution is 7.91. The Morgan fingerprint density at radius 2 is 1.73 bits per heavy atom. The average molecular weight is 574 g/mol. The van der Waals surface area contributed by atoms with Crippen LogP contribution < -0.4 is 5.32 Å². The summed E-state index contributed by atoms with van der Waals surface area (Å²) in [7, 11) is -3.00. The molecule has 3 aliphatic rings. The highest BCUT2D eigenvalue weighted by Crippen LogP contribution is 2.42. The van der Waals surface area contributed by atoms with E-state index in [1.165, 1.54) is 30.5 Å². The molecule has 5 rings (SSSR count). The third-order valence-corrected chi connectivity index (χ3v) is 11.1. The van der Waals surface area contributed by atoms with E-state index in [1.807, 2.05) is 6.20 Å². The number of aliphatic hydroxyl groups is 1. The summed E-state index contributed by atoms with van der Waals surface area (Å²) in [5.74, 6) is 1.64. The van der Waals surface area contributed by atoms with E-state index in [1.54, 1.807) is 4.90 Å². The molecular weight excluding hydrogens is 526 g/mol. The molecule has 40 heavy (non-hydrogen) atoms. The Balaban J connectivity index is 1.31. The Kier molecular flexibility index (Phi) is 9.35. The van der Waals surface area contributed by atoms with E-state index in [0.29, 0.717) is 36.9 Å². The topological polar surface area (TPSA) is 117 Å². The normalized spacial score (nSPS) is 27.9. The number of carbonyl (C=O) groups excluding carboxylic acids is 1. The lowest BCUT2D eigenvalue weighted by Gasteiger charge is -2.33. The van der Waals surface area contributed by atoms with Gasteiger partial charge in [0.1, 0.15) is 0 Å². The van der Waals surface area contributed by atoms with Gasteiger partial charge < -0.3 is 15.3 Å². The number of anilines is 1. The Labute approximate surface area is 239 Å². The molecule has 2 N–H and O–H groups in total. The summed E-state index contributed by atoms with van der Waals surface area (Å²) in [6, 6.07) is 2.64. The fourth-order valence-corrected chi connectivity index (χ4v) is 8.13. The summed E-state index contributed by atoms with van der Waals surface area (Å²) in [6.45, 7) is 5.07. The predicted octanol–water partition coefficient (Wildman–Crippen LogP) is 4.66. The maximum Gasteiger partial charge on any atom is 0.241 e. The number of unbranched alkanes of at least 4 members (excludes halogenated alkanes) is 2. The van der Waals surface area contributed by atoms with Crippen LogP contribution in [0.25, 0.3) is 5.52 Å². The van der Waals surface area contributed by atoms with Crippen molar-refractivity contribution in [3.63, 3.8) is 0 Å². The van der Waals surface area contributed by atoms with Crippen LogP contribution >= 0.6 is 0 Å². The standard InChI is InChI=1S/C30H47N5O4S/c1-3-4-5-6-21(2)32-30-31-20-28-26(19-27(35(28)33-30)23-11-13-25(36)14-12-23)22-7-9-24(10-8-22)29(37)34-15-17-40(38,39)18-16-34/h19-25,36H,3-18H2,1-2H3,(H,32,33)/t21-,22?,23?,24?,25?/m0/s1. The molecule has 1 amide bonds. The minimum Gasteiger partial charge on any atom is -0.393 e. The van der Waals surface area contributed by atoms with E-state index in [4.69, 9.17) is 10.1 Å². The van der Waals surface area contributed by atoms with Crippen molar-refractivity contribution in [2.75, 3.05) is 29.9 Å². The van der Waals surface area contributed by atoms with Crippen LogP contribution in [0.3, 0.4) is 0 Å². The second-order valence-corrected chi connectivity index (χ2v) is 14.8. The average Bonchev–Trinajstić information content (AvgIpc) is 3.32. The van der Waals surface area contributed by atoms with Gasteiger partial charge in [-0.15, -0.1) is 5.10 Å². The van der Waals surface area contributed by atoms with Gasteiger partial charge >= 0.3 is 0 Å². The third kappa shape index (κ3) is 6.81. The summed E-state index contributed by atoms with van der Waals surface area (Å²) in [5, 5.41) is 18.6. The van der Waals surface area contributed by atoms with Gasteiger partial charge in [-0.2, -0.15) is 0 Å². The number of nitrogens with zero attached hydrogens (tertiary/aromatic N) is 4. The number of fused-ring (bicyclic) bond motifs is 1. The lowest BCUT2D eigenvalue weighted by Crippen LogP contribution is -2.46. The molecule has 1 saturated heterocycles. The van der Waals surface area contributed by atoms with Crippen molar-refractivity contribution in [1.29, 1.82) is 0 Å². The Morgan fingerprint density at radius 1 is 1.05 bits per heavy atom. The molecule has 0 unspecified atom stereocenters. The van der Waals surface area contributed by atoms with Crippen molar-refractivity contribution >= 4 is 27.2 Å². The van der Waals surface area contributed by atoms with Crippen LogP contribution in [0, 0.1) is 5.92 Å². The van der Waals surface area contributed by atoms with Gasteiger partial charge in [-0.3, -0.25) is 4.79 Å². The fourth-order valence-electron chi connectivity index (χ4n) is 6.93.